The summed E-state index contributed by atoms with van der Waals surface area (Å²) in [7, 11) is 0. The zero-order chi connectivity index (χ0) is 28.1. The summed E-state index contributed by atoms with van der Waals surface area (Å²) < 4.78 is 2.00. The van der Waals surface area contributed by atoms with Gasteiger partial charge >= 0.3 is 0 Å². The summed E-state index contributed by atoms with van der Waals surface area (Å²) in [5, 5.41) is 14.4. The maximum atomic E-state index is 13.5. The molecule has 10 heteroatoms. The van der Waals surface area contributed by atoms with Gasteiger partial charge in [-0.15, -0.1) is 0 Å². The highest BCUT2D eigenvalue weighted by molar-refractivity contribution is 8.26. The van der Waals surface area contributed by atoms with E-state index in [0.29, 0.717) is 49.3 Å². The van der Waals surface area contributed by atoms with Crippen LogP contribution >= 0.6 is 47.2 Å². The predicted molar refractivity (Wildman–Crippen MR) is 164 cm³/mol. The number of unbranched alkanes of at least 4 members (excludes halogenated alkanes) is 1. The van der Waals surface area contributed by atoms with Crippen molar-refractivity contribution in [2.45, 2.75) is 46.3 Å². The number of amides is 1. The molecule has 0 bridgehead atoms. The average molecular weight is 598 g/mol. The van der Waals surface area contributed by atoms with Crippen molar-refractivity contribution < 1.29 is 4.79 Å². The zero-order valence-corrected chi connectivity index (χ0v) is 24.6. The van der Waals surface area contributed by atoms with Crippen LogP contribution in [-0.4, -0.2) is 19.7 Å². The number of hydrogen-bond donors (Lipinski definition) is 1. The number of anilines is 1. The summed E-state index contributed by atoms with van der Waals surface area (Å²) in [5.74, 6) is 0.271. The molecule has 0 aliphatic carbocycles. The number of thiocarbonyl (C=S) groups is 1. The van der Waals surface area contributed by atoms with Crippen LogP contribution in [0.4, 0.5) is 5.82 Å². The minimum atomic E-state index is -0.367. The van der Waals surface area contributed by atoms with Gasteiger partial charge in [-0.1, -0.05) is 96.9 Å². The Balaban J connectivity index is 1.80. The molecule has 0 saturated carbocycles. The fourth-order valence-electron chi connectivity index (χ4n) is 4.27. The first kappa shape index (κ1) is 28.9. The Kier molecular flexibility index (Phi) is 9.52. The third-order valence-electron chi connectivity index (χ3n) is 6.45. The van der Waals surface area contributed by atoms with Gasteiger partial charge < -0.3 is 5.32 Å². The molecule has 0 radical (unpaired) electrons. The summed E-state index contributed by atoms with van der Waals surface area (Å²) in [4.78, 5) is 28.8. The molecule has 1 aliphatic heterocycles. The quantitative estimate of drug-likeness (QED) is 0.209. The number of nitrogens with one attached hydrogen (secondary N) is 1. The third kappa shape index (κ3) is 6.23. The van der Waals surface area contributed by atoms with Crippen LogP contribution in [0.25, 0.3) is 6.08 Å². The SMILES string of the molecule is CCCCn1c(NCc2ccccc2Cl)c(/C=C2/SC(=S)N(Cc3ccccc3Cl)C2=O)c(C)c(C#N)c1=O. The van der Waals surface area contributed by atoms with E-state index in [0.717, 1.165) is 24.0 Å². The van der Waals surface area contributed by atoms with Crippen LogP contribution < -0.4 is 10.9 Å². The van der Waals surface area contributed by atoms with Gasteiger partial charge in [0.05, 0.1) is 11.4 Å². The summed E-state index contributed by atoms with van der Waals surface area (Å²) in [6, 6.07) is 16.8. The second-order valence-electron chi connectivity index (χ2n) is 8.99. The van der Waals surface area contributed by atoms with E-state index in [-0.39, 0.29) is 23.6 Å². The molecule has 0 unspecified atom stereocenters. The summed E-state index contributed by atoms with van der Waals surface area (Å²) in [6.07, 6.45) is 3.33. The van der Waals surface area contributed by atoms with Gasteiger partial charge in [0.15, 0.2) is 0 Å². The molecule has 1 aliphatic rings. The number of aromatic nitrogens is 1. The number of carbonyl (C=O) groups is 1. The van der Waals surface area contributed by atoms with E-state index in [4.69, 9.17) is 35.4 Å². The molecule has 200 valence electrons. The molecule has 1 fully saturated rings. The molecule has 3 aromatic rings. The van der Waals surface area contributed by atoms with Gasteiger partial charge in [0.25, 0.3) is 11.5 Å². The van der Waals surface area contributed by atoms with Crippen LogP contribution in [0.15, 0.2) is 58.2 Å². The lowest BCUT2D eigenvalue weighted by molar-refractivity contribution is -0.122. The number of halogens is 2. The van der Waals surface area contributed by atoms with Gasteiger partial charge in [-0.3, -0.25) is 19.1 Å². The Bertz CT molecular complexity index is 1580. The summed E-state index contributed by atoms with van der Waals surface area (Å²) >= 11 is 19.4. The molecule has 1 amide bonds. The predicted octanol–water partition coefficient (Wildman–Crippen LogP) is 7.15. The largest absolute Gasteiger partial charge is 0.367 e. The minimum absolute atomic E-state index is 0.0483. The number of benzene rings is 2. The Hall–Kier alpha value is -3.09. The van der Waals surface area contributed by atoms with E-state index < -0.39 is 0 Å². The Morgan fingerprint density at radius 1 is 1.08 bits per heavy atom. The van der Waals surface area contributed by atoms with Crippen LogP contribution in [0.1, 0.15) is 47.6 Å². The molecule has 2 aromatic carbocycles. The molecule has 2 heterocycles. The van der Waals surface area contributed by atoms with Gasteiger partial charge in [-0.25, -0.2) is 0 Å². The number of nitriles is 1. The Morgan fingerprint density at radius 3 is 2.33 bits per heavy atom. The molecule has 0 atom stereocenters. The number of carbonyl (C=O) groups excluding carboxylic acids is 1. The molecule has 39 heavy (non-hydrogen) atoms. The average Bonchev–Trinajstić information content (AvgIpc) is 3.18. The monoisotopic (exact) mass is 596 g/mol. The molecular formula is C29H26Cl2N4O2S2. The number of nitrogens with zero attached hydrogens (tertiary/aromatic N) is 3. The van der Waals surface area contributed by atoms with Crippen molar-refractivity contribution >= 4 is 69.3 Å². The first-order valence-electron chi connectivity index (χ1n) is 12.4. The lowest BCUT2D eigenvalue weighted by Gasteiger charge is -2.20. The Labute approximate surface area is 247 Å². The highest BCUT2D eigenvalue weighted by atomic mass is 35.5. The maximum absolute atomic E-state index is 13.5. The highest BCUT2D eigenvalue weighted by Gasteiger charge is 2.33. The lowest BCUT2D eigenvalue weighted by atomic mass is 10.0. The van der Waals surface area contributed by atoms with Crippen molar-refractivity contribution in [1.29, 1.82) is 5.26 Å². The molecule has 0 spiro atoms. The van der Waals surface area contributed by atoms with E-state index in [2.05, 4.69) is 11.4 Å². The first-order valence-corrected chi connectivity index (χ1v) is 14.4. The van der Waals surface area contributed by atoms with Crippen LogP contribution in [-0.2, 0) is 24.4 Å². The number of pyridine rings is 1. The van der Waals surface area contributed by atoms with Gasteiger partial charge in [-0.05, 0) is 48.2 Å². The Morgan fingerprint density at radius 2 is 1.72 bits per heavy atom. The normalized spacial score (nSPS) is 14.2. The number of rotatable bonds is 9. The topological polar surface area (TPSA) is 78.1 Å². The standard InChI is InChI=1S/C29H26Cl2N4O2S2/c1-3-4-13-34-26(33-16-19-9-5-7-11-23(19)30)21(18(2)22(15-32)27(34)36)14-25-28(37)35(29(38)39-25)17-20-10-6-8-12-24(20)31/h5-12,14,33H,3-4,13,16-17H2,1-2H3/b25-14+. The van der Waals surface area contributed by atoms with Crippen molar-refractivity contribution in [3.63, 3.8) is 0 Å². The van der Waals surface area contributed by atoms with Crippen LogP contribution in [0.2, 0.25) is 10.0 Å². The highest BCUT2D eigenvalue weighted by Crippen LogP contribution is 2.36. The van der Waals surface area contributed by atoms with Gasteiger partial charge in [0, 0.05) is 28.7 Å². The minimum Gasteiger partial charge on any atom is -0.367 e. The number of thioether (sulfide) groups is 1. The van der Waals surface area contributed by atoms with Crippen molar-refractivity contribution in [3.05, 3.63) is 102 Å². The van der Waals surface area contributed by atoms with Crippen LogP contribution in [0.5, 0.6) is 0 Å². The molecule has 1 saturated heterocycles. The van der Waals surface area contributed by atoms with Crippen LogP contribution in [0, 0.1) is 18.3 Å². The molecule has 1 N–H and O–H groups in total. The van der Waals surface area contributed by atoms with E-state index in [1.165, 1.54) is 16.7 Å². The maximum Gasteiger partial charge on any atom is 0.270 e. The zero-order valence-electron chi connectivity index (χ0n) is 21.5. The van der Waals surface area contributed by atoms with Gasteiger partial charge in [-0.2, -0.15) is 5.26 Å². The van der Waals surface area contributed by atoms with E-state index in [9.17, 15) is 14.9 Å². The second-order valence-corrected chi connectivity index (χ2v) is 11.5. The summed E-state index contributed by atoms with van der Waals surface area (Å²) in [5.41, 5.74) is 2.41. The second kappa shape index (κ2) is 12.8. The molecule has 4 rings (SSSR count). The third-order valence-corrected chi connectivity index (χ3v) is 8.56. The molecule has 6 nitrogen and oxygen atoms in total. The van der Waals surface area contributed by atoms with E-state index in [1.54, 1.807) is 29.7 Å². The van der Waals surface area contributed by atoms with Crippen molar-refractivity contribution in [3.8, 4) is 6.07 Å². The van der Waals surface area contributed by atoms with Gasteiger partial charge in [0.2, 0.25) is 0 Å². The fraction of sp³-hybridized carbons (Fsp3) is 0.241. The van der Waals surface area contributed by atoms with Crippen molar-refractivity contribution in [1.82, 2.24) is 9.47 Å². The van der Waals surface area contributed by atoms with Crippen molar-refractivity contribution in [2.24, 2.45) is 0 Å². The smallest absolute Gasteiger partial charge is 0.270 e. The summed E-state index contributed by atoms with van der Waals surface area (Å²) in [6.45, 7) is 4.78. The first-order chi connectivity index (χ1) is 18.8. The fourth-order valence-corrected chi connectivity index (χ4v) is 5.90. The molecular weight excluding hydrogens is 571 g/mol. The van der Waals surface area contributed by atoms with Crippen molar-refractivity contribution in [2.75, 3.05) is 5.32 Å². The van der Waals surface area contributed by atoms with E-state index >= 15 is 0 Å². The molecule has 1 aromatic heterocycles. The van der Waals surface area contributed by atoms with Crippen LogP contribution in [0.3, 0.4) is 0 Å². The van der Waals surface area contributed by atoms with E-state index in [1.807, 2.05) is 43.3 Å². The number of hydrogen-bond acceptors (Lipinski definition) is 6. The van der Waals surface area contributed by atoms with Gasteiger partial charge in [0.1, 0.15) is 21.8 Å². The lowest BCUT2D eigenvalue weighted by Crippen LogP contribution is -2.29.